The number of nitrogens with one attached hydrogen (secondary N) is 2. The summed E-state index contributed by atoms with van der Waals surface area (Å²) in [5.41, 5.74) is 2.19. The minimum Gasteiger partial charge on any atom is -0.378 e. The minimum atomic E-state index is 0.589. The van der Waals surface area contributed by atoms with Gasteiger partial charge >= 0.3 is 0 Å². The van der Waals surface area contributed by atoms with E-state index < -0.39 is 0 Å². The topological polar surface area (TPSA) is 27.3 Å². The van der Waals surface area contributed by atoms with E-state index >= 15 is 0 Å². The monoisotopic (exact) mass is 251 g/mol. The third-order valence-electron chi connectivity index (χ3n) is 2.31. The van der Waals surface area contributed by atoms with Crippen molar-refractivity contribution in [3.8, 4) is 0 Å². The second-order valence-electron chi connectivity index (χ2n) is 4.67. The summed E-state index contributed by atoms with van der Waals surface area (Å²) in [6.45, 7) is 5.20. The molecule has 1 aromatic carbocycles. The number of thiocarbonyl (C=S) groups is 1. The summed E-state index contributed by atoms with van der Waals surface area (Å²) in [6, 6.07) is 8.18. The van der Waals surface area contributed by atoms with Gasteiger partial charge in [-0.3, -0.25) is 0 Å². The summed E-state index contributed by atoms with van der Waals surface area (Å²) in [7, 11) is 4.05. The van der Waals surface area contributed by atoms with Crippen molar-refractivity contribution in [2.24, 2.45) is 5.92 Å². The molecule has 0 amide bonds. The van der Waals surface area contributed by atoms with Crippen LogP contribution in [0.1, 0.15) is 13.8 Å². The number of benzene rings is 1. The highest BCUT2D eigenvalue weighted by Crippen LogP contribution is 2.15. The molecule has 0 aliphatic heterocycles. The van der Waals surface area contributed by atoms with Gasteiger partial charge < -0.3 is 15.5 Å². The van der Waals surface area contributed by atoms with Crippen molar-refractivity contribution in [1.29, 1.82) is 0 Å². The van der Waals surface area contributed by atoms with E-state index in [4.69, 9.17) is 12.2 Å². The Kier molecular flexibility index (Phi) is 5.22. The largest absolute Gasteiger partial charge is 0.378 e. The average molecular weight is 251 g/mol. The van der Waals surface area contributed by atoms with Crippen LogP contribution in [0.2, 0.25) is 0 Å². The number of hydrogen-bond acceptors (Lipinski definition) is 2. The molecule has 0 aliphatic rings. The Morgan fingerprint density at radius 2 is 1.82 bits per heavy atom. The summed E-state index contributed by atoms with van der Waals surface area (Å²) in [4.78, 5) is 2.07. The van der Waals surface area contributed by atoms with Crippen LogP contribution in [-0.4, -0.2) is 25.8 Å². The van der Waals surface area contributed by atoms with E-state index in [0.29, 0.717) is 11.0 Å². The fourth-order valence-corrected chi connectivity index (χ4v) is 1.52. The molecule has 1 aromatic rings. The molecule has 0 fully saturated rings. The van der Waals surface area contributed by atoms with E-state index in [1.54, 1.807) is 0 Å². The van der Waals surface area contributed by atoms with Crippen molar-refractivity contribution in [2.75, 3.05) is 30.9 Å². The summed E-state index contributed by atoms with van der Waals surface area (Å²) in [5, 5.41) is 7.02. The second kappa shape index (κ2) is 6.45. The van der Waals surface area contributed by atoms with Gasteiger partial charge in [-0.1, -0.05) is 13.8 Å². The Labute approximate surface area is 109 Å². The Balaban J connectivity index is 2.48. The first-order valence-corrected chi connectivity index (χ1v) is 6.22. The van der Waals surface area contributed by atoms with E-state index in [1.807, 2.05) is 26.2 Å². The average Bonchev–Trinajstić information content (AvgIpc) is 2.27. The highest BCUT2D eigenvalue weighted by atomic mass is 32.1. The Morgan fingerprint density at radius 1 is 1.24 bits per heavy atom. The molecule has 0 aliphatic carbocycles. The maximum absolute atomic E-state index is 5.21. The summed E-state index contributed by atoms with van der Waals surface area (Å²) >= 11 is 5.21. The zero-order valence-corrected chi connectivity index (χ0v) is 11.8. The third-order valence-corrected chi connectivity index (χ3v) is 2.56. The van der Waals surface area contributed by atoms with Crippen LogP contribution in [0.5, 0.6) is 0 Å². The Bertz CT molecular complexity index is 357. The molecule has 0 bridgehead atoms. The molecule has 0 saturated heterocycles. The maximum atomic E-state index is 5.21. The van der Waals surface area contributed by atoms with Crippen molar-refractivity contribution < 1.29 is 0 Å². The molecule has 0 spiro atoms. The zero-order chi connectivity index (χ0) is 12.8. The first kappa shape index (κ1) is 13.8. The molecular weight excluding hydrogens is 230 g/mol. The Morgan fingerprint density at radius 3 is 2.29 bits per heavy atom. The molecule has 3 nitrogen and oxygen atoms in total. The van der Waals surface area contributed by atoms with Crippen molar-refractivity contribution in [2.45, 2.75) is 13.8 Å². The zero-order valence-electron chi connectivity index (χ0n) is 10.9. The fourth-order valence-electron chi connectivity index (χ4n) is 1.32. The fraction of sp³-hybridized carbons (Fsp3) is 0.462. The highest BCUT2D eigenvalue weighted by Gasteiger charge is 2.00. The molecule has 0 unspecified atom stereocenters. The minimum absolute atomic E-state index is 0.589. The predicted octanol–water partition coefficient (Wildman–Crippen LogP) is 2.70. The van der Waals surface area contributed by atoms with Crippen molar-refractivity contribution in [3.63, 3.8) is 0 Å². The molecule has 0 saturated carbocycles. The van der Waals surface area contributed by atoms with Crippen LogP contribution < -0.4 is 15.5 Å². The lowest BCUT2D eigenvalue weighted by atomic mass is 10.2. The van der Waals surface area contributed by atoms with E-state index in [0.717, 1.165) is 12.2 Å². The van der Waals surface area contributed by atoms with Crippen LogP contribution in [-0.2, 0) is 0 Å². The van der Waals surface area contributed by atoms with Gasteiger partial charge in [0.15, 0.2) is 5.11 Å². The molecule has 2 N–H and O–H groups in total. The number of nitrogens with zero attached hydrogens (tertiary/aromatic N) is 1. The normalized spacial score (nSPS) is 10.2. The quantitative estimate of drug-likeness (QED) is 0.805. The van der Waals surface area contributed by atoms with Gasteiger partial charge in [0.2, 0.25) is 0 Å². The lowest BCUT2D eigenvalue weighted by Crippen LogP contribution is -2.31. The molecule has 4 heteroatoms. The van der Waals surface area contributed by atoms with Crippen molar-refractivity contribution >= 4 is 28.7 Å². The van der Waals surface area contributed by atoms with Gasteiger partial charge in [0.1, 0.15) is 0 Å². The van der Waals surface area contributed by atoms with Crippen LogP contribution in [0.4, 0.5) is 11.4 Å². The lowest BCUT2D eigenvalue weighted by molar-refractivity contribution is 0.627. The summed E-state index contributed by atoms with van der Waals surface area (Å²) in [6.07, 6.45) is 0. The molecule has 1 rings (SSSR count). The van der Waals surface area contributed by atoms with Crippen molar-refractivity contribution in [1.82, 2.24) is 5.32 Å². The van der Waals surface area contributed by atoms with Crippen LogP contribution >= 0.6 is 12.2 Å². The number of anilines is 2. The maximum Gasteiger partial charge on any atom is 0.170 e. The molecule has 0 atom stereocenters. The van der Waals surface area contributed by atoms with Gasteiger partial charge in [0.05, 0.1) is 0 Å². The van der Waals surface area contributed by atoms with Gasteiger partial charge in [-0.25, -0.2) is 0 Å². The Hall–Kier alpha value is -1.29. The summed E-state index contributed by atoms with van der Waals surface area (Å²) in [5.74, 6) is 0.589. The second-order valence-corrected chi connectivity index (χ2v) is 5.08. The molecule has 94 valence electrons. The number of rotatable bonds is 4. The van der Waals surface area contributed by atoms with Gasteiger partial charge in [-0.2, -0.15) is 0 Å². The molecule has 17 heavy (non-hydrogen) atoms. The standard InChI is InChI=1S/C13H21N3S/c1-10(2)9-14-13(17)15-11-5-7-12(8-6-11)16(3)4/h5-8,10H,9H2,1-4H3,(H2,14,15,17). The van der Waals surface area contributed by atoms with Gasteiger partial charge in [0.25, 0.3) is 0 Å². The lowest BCUT2D eigenvalue weighted by Gasteiger charge is -2.15. The molecular formula is C13H21N3S. The SMILES string of the molecule is CC(C)CNC(=S)Nc1ccc(N(C)C)cc1. The first-order valence-electron chi connectivity index (χ1n) is 5.81. The molecule has 0 heterocycles. The predicted molar refractivity (Wildman–Crippen MR) is 79.8 cm³/mol. The van der Waals surface area contributed by atoms with E-state index in [-0.39, 0.29) is 0 Å². The van der Waals surface area contributed by atoms with Gasteiger partial charge in [-0.15, -0.1) is 0 Å². The third kappa shape index (κ3) is 5.04. The summed E-state index contributed by atoms with van der Waals surface area (Å²) < 4.78 is 0. The van der Waals surface area contributed by atoms with Crippen LogP contribution in [0.3, 0.4) is 0 Å². The van der Waals surface area contributed by atoms with E-state index in [2.05, 4.69) is 41.5 Å². The van der Waals surface area contributed by atoms with Crippen LogP contribution in [0.25, 0.3) is 0 Å². The molecule has 0 aromatic heterocycles. The van der Waals surface area contributed by atoms with Gasteiger partial charge in [-0.05, 0) is 42.4 Å². The molecule has 0 radical (unpaired) electrons. The smallest absolute Gasteiger partial charge is 0.170 e. The van der Waals surface area contributed by atoms with Gasteiger partial charge in [0, 0.05) is 32.0 Å². The van der Waals surface area contributed by atoms with Crippen LogP contribution in [0, 0.1) is 5.92 Å². The first-order chi connectivity index (χ1) is 7.99. The highest BCUT2D eigenvalue weighted by molar-refractivity contribution is 7.80. The van der Waals surface area contributed by atoms with E-state index in [1.165, 1.54) is 5.69 Å². The van der Waals surface area contributed by atoms with Crippen molar-refractivity contribution in [3.05, 3.63) is 24.3 Å². The number of hydrogen-bond donors (Lipinski definition) is 2. The van der Waals surface area contributed by atoms with Crippen LogP contribution in [0.15, 0.2) is 24.3 Å². The van der Waals surface area contributed by atoms with E-state index in [9.17, 15) is 0 Å².